The van der Waals surface area contributed by atoms with Gasteiger partial charge in [0.25, 0.3) is 10.0 Å². The number of aromatic amines is 1. The number of halogens is 2. The molecule has 0 spiro atoms. The Morgan fingerprint density at radius 2 is 1.81 bits per heavy atom. The minimum Gasteiger partial charge on any atom is -0.495 e. The lowest BCUT2D eigenvalue weighted by Gasteiger charge is -2.24. The van der Waals surface area contributed by atoms with Crippen molar-refractivity contribution in [1.82, 2.24) is 10.1 Å². The van der Waals surface area contributed by atoms with E-state index in [9.17, 15) is 13.2 Å². The smallest absolute Gasteiger partial charge is 0.270 e. The molecule has 2 aromatic heterocycles. The first-order valence-corrected chi connectivity index (χ1v) is 12.3. The zero-order valence-electron chi connectivity index (χ0n) is 18.6. The number of hydrogen-bond donors (Lipinski definition) is 1. The van der Waals surface area contributed by atoms with Crippen molar-refractivity contribution in [2.24, 2.45) is 0 Å². The predicted molar refractivity (Wildman–Crippen MR) is 134 cm³/mol. The fourth-order valence-electron chi connectivity index (χ4n) is 3.80. The van der Waals surface area contributed by atoms with E-state index < -0.39 is 15.8 Å². The molecular formula is C25H17ClFN3O5S. The number of nitrogens with zero attached hydrogens (tertiary/aromatic N) is 2. The van der Waals surface area contributed by atoms with Gasteiger partial charge in [0.05, 0.1) is 12.0 Å². The molecule has 0 radical (unpaired) electrons. The number of sulfonamides is 1. The van der Waals surface area contributed by atoms with Gasteiger partial charge in [0.1, 0.15) is 23.5 Å². The fraction of sp³-hybridized carbons (Fsp3) is 0.0400. The molecule has 8 nitrogen and oxygen atoms in total. The van der Waals surface area contributed by atoms with Gasteiger partial charge in [-0.25, -0.2) is 17.1 Å². The third kappa shape index (κ3) is 4.21. The number of aromatic nitrogens is 2. The summed E-state index contributed by atoms with van der Waals surface area (Å²) in [7, 11) is -3.01. The van der Waals surface area contributed by atoms with Crippen molar-refractivity contribution < 1.29 is 22.1 Å². The molecule has 2 heterocycles. The van der Waals surface area contributed by atoms with Crippen molar-refractivity contribution in [3.63, 3.8) is 0 Å². The first kappa shape index (κ1) is 23.6. The van der Waals surface area contributed by atoms with Gasteiger partial charge in [0.15, 0.2) is 5.82 Å². The van der Waals surface area contributed by atoms with Crippen LogP contribution in [0.2, 0.25) is 5.02 Å². The summed E-state index contributed by atoms with van der Waals surface area (Å²) in [5, 5.41) is 4.77. The van der Waals surface area contributed by atoms with Crippen LogP contribution in [-0.2, 0) is 10.0 Å². The van der Waals surface area contributed by atoms with Crippen molar-refractivity contribution in [3.8, 4) is 16.9 Å². The number of anilines is 2. The topological polar surface area (TPSA) is 106 Å². The molecule has 5 rings (SSSR count). The van der Waals surface area contributed by atoms with Crippen molar-refractivity contribution in [1.29, 1.82) is 0 Å². The van der Waals surface area contributed by atoms with Crippen LogP contribution in [0.5, 0.6) is 5.75 Å². The van der Waals surface area contributed by atoms with Gasteiger partial charge < -0.3 is 14.2 Å². The zero-order valence-corrected chi connectivity index (χ0v) is 20.2. The number of benzene rings is 3. The molecule has 182 valence electrons. The molecular weight excluding hydrogens is 509 g/mol. The summed E-state index contributed by atoms with van der Waals surface area (Å²) >= 11 is 5.95. The Morgan fingerprint density at radius 1 is 1.03 bits per heavy atom. The van der Waals surface area contributed by atoms with Crippen LogP contribution in [0, 0.1) is 5.82 Å². The van der Waals surface area contributed by atoms with E-state index in [0.717, 1.165) is 10.4 Å². The summed E-state index contributed by atoms with van der Waals surface area (Å²) in [6.07, 6.45) is 1.20. The zero-order chi connectivity index (χ0) is 25.4. The first-order chi connectivity index (χ1) is 17.3. The van der Waals surface area contributed by atoms with Crippen LogP contribution in [0.3, 0.4) is 0 Å². The normalized spacial score (nSPS) is 11.5. The van der Waals surface area contributed by atoms with Crippen LogP contribution >= 0.6 is 11.6 Å². The van der Waals surface area contributed by atoms with E-state index in [1.807, 2.05) is 0 Å². The SMILES string of the molecule is COc1cc(-c2ccc(Cl)cc2)c(F)cc1N(c1ccon1)S(=O)(=O)c1ccc2[nH]c(=O)ccc2c1. The molecule has 1 N–H and O–H groups in total. The average Bonchev–Trinajstić information content (AvgIpc) is 3.38. The van der Waals surface area contributed by atoms with Gasteiger partial charge in [-0.1, -0.05) is 28.9 Å². The van der Waals surface area contributed by atoms with Crippen molar-refractivity contribution >= 4 is 44.0 Å². The highest BCUT2D eigenvalue weighted by Crippen LogP contribution is 2.41. The van der Waals surface area contributed by atoms with E-state index in [1.165, 1.54) is 55.8 Å². The second kappa shape index (κ2) is 9.14. The van der Waals surface area contributed by atoms with Crippen LogP contribution in [-0.4, -0.2) is 25.7 Å². The lowest BCUT2D eigenvalue weighted by atomic mass is 10.0. The molecule has 0 atom stereocenters. The summed E-state index contributed by atoms with van der Waals surface area (Å²) in [6, 6.07) is 17.4. The Hall–Kier alpha value is -4.15. The summed E-state index contributed by atoms with van der Waals surface area (Å²) < 4.78 is 54.4. The Morgan fingerprint density at radius 3 is 2.50 bits per heavy atom. The van der Waals surface area contributed by atoms with Gasteiger partial charge in [-0.15, -0.1) is 0 Å². The second-order valence-corrected chi connectivity index (χ2v) is 9.93. The summed E-state index contributed by atoms with van der Waals surface area (Å²) in [5.41, 5.74) is 0.761. The lowest BCUT2D eigenvalue weighted by Crippen LogP contribution is -2.27. The molecule has 0 bridgehead atoms. The van der Waals surface area contributed by atoms with Crippen LogP contribution in [0.1, 0.15) is 0 Å². The van der Waals surface area contributed by atoms with E-state index in [2.05, 4.69) is 10.1 Å². The number of ether oxygens (including phenoxy) is 1. The largest absolute Gasteiger partial charge is 0.495 e. The minimum absolute atomic E-state index is 0.0815. The standard InChI is InChI=1S/C25H17ClFN3O5S/c1-34-23-13-19(15-2-5-17(26)6-3-15)20(27)14-22(23)30(24-10-11-35-29-24)36(32,33)18-7-8-21-16(12-18)4-9-25(31)28-21/h2-14H,1H3,(H,28,31). The number of fused-ring (bicyclic) bond motifs is 1. The lowest BCUT2D eigenvalue weighted by molar-refractivity contribution is 0.413. The molecule has 0 aliphatic rings. The third-order valence-corrected chi connectivity index (χ3v) is 7.47. The highest BCUT2D eigenvalue weighted by atomic mass is 35.5. The Bertz CT molecular complexity index is 1740. The van der Waals surface area contributed by atoms with Crippen molar-refractivity contribution in [2.45, 2.75) is 4.90 Å². The quantitative estimate of drug-likeness (QED) is 0.313. The van der Waals surface area contributed by atoms with Gasteiger partial charge in [0, 0.05) is 34.3 Å². The highest BCUT2D eigenvalue weighted by molar-refractivity contribution is 7.93. The molecule has 36 heavy (non-hydrogen) atoms. The minimum atomic E-state index is -4.36. The van der Waals surface area contributed by atoms with E-state index in [1.54, 1.807) is 24.3 Å². The van der Waals surface area contributed by atoms with Crippen LogP contribution in [0.25, 0.3) is 22.0 Å². The number of methoxy groups -OCH3 is 1. The molecule has 0 saturated carbocycles. The predicted octanol–water partition coefficient (Wildman–Crippen LogP) is 5.51. The van der Waals surface area contributed by atoms with E-state index in [0.29, 0.717) is 21.5 Å². The summed E-state index contributed by atoms with van der Waals surface area (Å²) in [6.45, 7) is 0. The Kier molecular flexibility index (Phi) is 5.99. The van der Waals surface area contributed by atoms with Crippen molar-refractivity contribution in [3.05, 3.63) is 100 Å². The van der Waals surface area contributed by atoms with E-state index in [-0.39, 0.29) is 33.3 Å². The second-order valence-electron chi connectivity index (χ2n) is 7.71. The molecule has 0 unspecified atom stereocenters. The molecule has 0 saturated heterocycles. The number of nitrogens with one attached hydrogen (secondary N) is 1. The van der Waals surface area contributed by atoms with Crippen molar-refractivity contribution in [2.75, 3.05) is 11.4 Å². The Labute approximate surface area is 209 Å². The maximum atomic E-state index is 15.4. The maximum absolute atomic E-state index is 15.4. The van der Waals surface area contributed by atoms with Crippen LogP contribution in [0.15, 0.2) is 93.3 Å². The number of rotatable bonds is 6. The average molecular weight is 526 g/mol. The molecule has 5 aromatic rings. The summed E-state index contributed by atoms with van der Waals surface area (Å²) in [5.74, 6) is -0.709. The monoisotopic (exact) mass is 525 g/mol. The molecule has 11 heteroatoms. The molecule has 0 aliphatic carbocycles. The van der Waals surface area contributed by atoms with Gasteiger partial charge in [-0.05, 0) is 53.4 Å². The van der Waals surface area contributed by atoms with Gasteiger partial charge in [-0.3, -0.25) is 4.79 Å². The van der Waals surface area contributed by atoms with Crippen LogP contribution in [0.4, 0.5) is 15.9 Å². The molecule has 0 amide bonds. The number of pyridine rings is 1. The first-order valence-electron chi connectivity index (χ1n) is 10.5. The number of H-pyrrole nitrogens is 1. The fourth-order valence-corrected chi connectivity index (χ4v) is 5.40. The van der Waals surface area contributed by atoms with E-state index in [4.69, 9.17) is 20.9 Å². The van der Waals surface area contributed by atoms with Crippen LogP contribution < -0.4 is 14.6 Å². The van der Waals surface area contributed by atoms with E-state index >= 15 is 4.39 Å². The van der Waals surface area contributed by atoms with Gasteiger partial charge in [0.2, 0.25) is 5.56 Å². The molecule has 0 aliphatic heterocycles. The Balaban J connectivity index is 1.69. The number of hydrogen-bond acceptors (Lipinski definition) is 6. The van der Waals surface area contributed by atoms with Gasteiger partial charge >= 0.3 is 0 Å². The highest BCUT2D eigenvalue weighted by Gasteiger charge is 2.32. The van der Waals surface area contributed by atoms with Gasteiger partial charge in [-0.2, -0.15) is 0 Å². The summed E-state index contributed by atoms with van der Waals surface area (Å²) in [4.78, 5) is 14.1. The third-order valence-electron chi connectivity index (χ3n) is 5.51. The molecule has 0 fully saturated rings. The maximum Gasteiger partial charge on any atom is 0.270 e. The molecule has 3 aromatic carbocycles.